The van der Waals surface area contributed by atoms with Crippen molar-refractivity contribution in [1.82, 2.24) is 4.90 Å². The maximum atomic E-state index is 6.20. The Morgan fingerprint density at radius 1 is 1.06 bits per heavy atom. The molecule has 1 unspecified atom stereocenters. The molecular weight excluding hydrogens is 220 g/mol. The number of unbranched alkanes of at least 4 members (excludes halogenated alkanes) is 1. The predicted molar refractivity (Wildman–Crippen MR) is 80.8 cm³/mol. The van der Waals surface area contributed by atoms with E-state index in [1.807, 2.05) is 0 Å². The Hall–Kier alpha value is -0.0800. The minimum absolute atomic E-state index is 0.289. The van der Waals surface area contributed by atoms with Crippen molar-refractivity contribution in [2.45, 2.75) is 78.2 Å². The largest absolute Gasteiger partial charge is 0.329 e. The van der Waals surface area contributed by atoms with Crippen LogP contribution in [0.25, 0.3) is 0 Å². The number of nitrogens with zero attached hydrogens (tertiary/aromatic N) is 1. The first kappa shape index (κ1) is 16.0. The average Bonchev–Trinajstić information content (AvgIpc) is 2.50. The molecule has 0 saturated heterocycles. The van der Waals surface area contributed by atoms with Crippen molar-refractivity contribution in [1.29, 1.82) is 0 Å². The van der Waals surface area contributed by atoms with E-state index in [2.05, 4.69) is 32.6 Å². The van der Waals surface area contributed by atoms with Gasteiger partial charge in [0, 0.05) is 12.1 Å². The van der Waals surface area contributed by atoms with Crippen LogP contribution in [0.15, 0.2) is 0 Å². The van der Waals surface area contributed by atoms with Gasteiger partial charge in [0.2, 0.25) is 0 Å². The van der Waals surface area contributed by atoms with Gasteiger partial charge in [-0.1, -0.05) is 40.5 Å². The molecule has 0 bridgehead atoms. The van der Waals surface area contributed by atoms with Crippen LogP contribution < -0.4 is 5.73 Å². The second-order valence-electron chi connectivity index (χ2n) is 6.88. The van der Waals surface area contributed by atoms with Crippen molar-refractivity contribution in [3.05, 3.63) is 0 Å². The van der Waals surface area contributed by atoms with Gasteiger partial charge in [-0.2, -0.15) is 0 Å². The Morgan fingerprint density at radius 3 is 2.33 bits per heavy atom. The van der Waals surface area contributed by atoms with E-state index in [1.165, 1.54) is 51.5 Å². The second-order valence-corrected chi connectivity index (χ2v) is 6.88. The summed E-state index contributed by atoms with van der Waals surface area (Å²) in [6.07, 6.45) is 9.19. The highest BCUT2D eigenvalue weighted by atomic mass is 15.2. The SMILES string of the molecule is CCCCN(CC)C1(CN)CCCC(C)(C)CC1. The predicted octanol–water partition coefficient (Wildman–Crippen LogP) is 3.80. The summed E-state index contributed by atoms with van der Waals surface area (Å²) in [5.41, 5.74) is 7.01. The average molecular weight is 254 g/mol. The van der Waals surface area contributed by atoms with Crippen molar-refractivity contribution in [2.24, 2.45) is 11.1 Å². The molecule has 1 saturated carbocycles. The highest BCUT2D eigenvalue weighted by Gasteiger charge is 2.38. The first-order valence-corrected chi connectivity index (χ1v) is 7.95. The van der Waals surface area contributed by atoms with Gasteiger partial charge < -0.3 is 5.73 Å². The van der Waals surface area contributed by atoms with Crippen LogP contribution in [0.5, 0.6) is 0 Å². The summed E-state index contributed by atoms with van der Waals surface area (Å²) in [6, 6.07) is 0. The molecule has 18 heavy (non-hydrogen) atoms. The fraction of sp³-hybridized carbons (Fsp3) is 1.00. The third-order valence-electron chi connectivity index (χ3n) is 4.98. The quantitative estimate of drug-likeness (QED) is 0.731. The lowest BCUT2D eigenvalue weighted by molar-refractivity contribution is 0.0789. The van der Waals surface area contributed by atoms with Gasteiger partial charge >= 0.3 is 0 Å². The van der Waals surface area contributed by atoms with Crippen LogP contribution in [-0.2, 0) is 0 Å². The van der Waals surface area contributed by atoms with E-state index in [1.54, 1.807) is 0 Å². The summed E-state index contributed by atoms with van der Waals surface area (Å²) >= 11 is 0. The summed E-state index contributed by atoms with van der Waals surface area (Å²) in [5, 5.41) is 0. The fourth-order valence-electron chi connectivity index (χ4n) is 3.45. The van der Waals surface area contributed by atoms with Crippen LogP contribution in [0, 0.1) is 5.41 Å². The molecule has 0 heterocycles. The molecule has 0 amide bonds. The third-order valence-corrected chi connectivity index (χ3v) is 4.98. The summed E-state index contributed by atoms with van der Waals surface area (Å²) in [6.45, 7) is 12.6. The number of rotatable bonds is 6. The molecular formula is C16H34N2. The van der Waals surface area contributed by atoms with E-state index in [0.29, 0.717) is 5.41 Å². The number of likely N-dealkylation sites (N-methyl/N-ethyl adjacent to an activating group) is 1. The molecule has 108 valence electrons. The molecule has 0 aromatic heterocycles. The van der Waals surface area contributed by atoms with Crippen molar-refractivity contribution in [3.63, 3.8) is 0 Å². The Balaban J connectivity index is 2.76. The molecule has 0 aliphatic heterocycles. The minimum Gasteiger partial charge on any atom is -0.329 e. The number of hydrogen-bond donors (Lipinski definition) is 1. The molecule has 1 rings (SSSR count). The van der Waals surface area contributed by atoms with Gasteiger partial charge in [-0.05, 0) is 50.6 Å². The molecule has 2 N–H and O–H groups in total. The molecule has 1 aliphatic rings. The molecule has 0 aromatic carbocycles. The van der Waals surface area contributed by atoms with Gasteiger partial charge in [0.15, 0.2) is 0 Å². The zero-order valence-corrected chi connectivity index (χ0v) is 13.1. The number of nitrogens with two attached hydrogens (primary N) is 1. The van der Waals surface area contributed by atoms with Gasteiger partial charge in [-0.3, -0.25) is 4.90 Å². The van der Waals surface area contributed by atoms with Crippen LogP contribution in [0.1, 0.15) is 72.6 Å². The standard InChI is InChI=1S/C16H34N2/c1-5-7-13-18(6-2)16(14-17)10-8-9-15(3,4)11-12-16/h5-14,17H2,1-4H3. The van der Waals surface area contributed by atoms with E-state index < -0.39 is 0 Å². The van der Waals surface area contributed by atoms with Crippen molar-refractivity contribution >= 4 is 0 Å². The maximum absolute atomic E-state index is 6.20. The first-order valence-electron chi connectivity index (χ1n) is 7.95. The van der Waals surface area contributed by atoms with Gasteiger partial charge in [-0.15, -0.1) is 0 Å². The van der Waals surface area contributed by atoms with Crippen LogP contribution in [0.2, 0.25) is 0 Å². The fourth-order valence-corrected chi connectivity index (χ4v) is 3.45. The zero-order valence-electron chi connectivity index (χ0n) is 13.1. The Morgan fingerprint density at radius 2 is 1.78 bits per heavy atom. The van der Waals surface area contributed by atoms with Crippen LogP contribution in [0.3, 0.4) is 0 Å². The second kappa shape index (κ2) is 6.91. The molecule has 0 aromatic rings. The van der Waals surface area contributed by atoms with E-state index in [-0.39, 0.29) is 5.54 Å². The van der Waals surface area contributed by atoms with Crippen LogP contribution in [-0.4, -0.2) is 30.1 Å². The molecule has 1 fully saturated rings. The van der Waals surface area contributed by atoms with Crippen LogP contribution in [0.4, 0.5) is 0 Å². The van der Waals surface area contributed by atoms with Crippen molar-refractivity contribution in [2.75, 3.05) is 19.6 Å². The van der Waals surface area contributed by atoms with E-state index in [9.17, 15) is 0 Å². The van der Waals surface area contributed by atoms with Gasteiger partial charge in [0.05, 0.1) is 0 Å². The maximum Gasteiger partial charge on any atom is 0.0331 e. The minimum atomic E-state index is 0.289. The van der Waals surface area contributed by atoms with Crippen LogP contribution >= 0.6 is 0 Å². The zero-order chi connectivity index (χ0) is 13.6. The van der Waals surface area contributed by atoms with Crippen molar-refractivity contribution in [3.8, 4) is 0 Å². The first-order chi connectivity index (χ1) is 8.49. The number of hydrogen-bond acceptors (Lipinski definition) is 2. The van der Waals surface area contributed by atoms with Gasteiger partial charge in [0.1, 0.15) is 0 Å². The highest BCUT2D eigenvalue weighted by Crippen LogP contribution is 2.40. The molecule has 1 atom stereocenters. The van der Waals surface area contributed by atoms with Gasteiger partial charge in [-0.25, -0.2) is 0 Å². The Bertz CT molecular complexity index is 237. The topological polar surface area (TPSA) is 29.3 Å². The lowest BCUT2D eigenvalue weighted by Gasteiger charge is -2.43. The van der Waals surface area contributed by atoms with E-state index in [4.69, 9.17) is 5.73 Å². The monoisotopic (exact) mass is 254 g/mol. The summed E-state index contributed by atoms with van der Waals surface area (Å²) < 4.78 is 0. The molecule has 0 spiro atoms. The van der Waals surface area contributed by atoms with Crippen molar-refractivity contribution < 1.29 is 0 Å². The molecule has 0 radical (unpaired) electrons. The molecule has 2 heteroatoms. The lowest BCUT2D eigenvalue weighted by Crippen LogP contribution is -2.54. The van der Waals surface area contributed by atoms with E-state index >= 15 is 0 Å². The summed E-state index contributed by atoms with van der Waals surface area (Å²) in [5.74, 6) is 0. The molecule has 1 aliphatic carbocycles. The normalized spacial score (nSPS) is 28.3. The Kier molecular flexibility index (Phi) is 6.13. The Labute approximate surface area is 114 Å². The van der Waals surface area contributed by atoms with E-state index in [0.717, 1.165) is 13.1 Å². The van der Waals surface area contributed by atoms with Gasteiger partial charge in [0.25, 0.3) is 0 Å². The summed E-state index contributed by atoms with van der Waals surface area (Å²) in [7, 11) is 0. The molecule has 2 nitrogen and oxygen atoms in total. The smallest absolute Gasteiger partial charge is 0.0331 e. The third kappa shape index (κ3) is 3.96. The lowest BCUT2D eigenvalue weighted by atomic mass is 9.83. The highest BCUT2D eigenvalue weighted by molar-refractivity contribution is 4.95. The summed E-state index contributed by atoms with van der Waals surface area (Å²) in [4.78, 5) is 2.68.